The highest BCUT2D eigenvalue weighted by atomic mass is 16.5. The molecule has 2 aliphatic rings. The number of carbonyl (C=O) groups is 1. The molecule has 1 aliphatic carbocycles. The molecule has 28 heavy (non-hydrogen) atoms. The summed E-state index contributed by atoms with van der Waals surface area (Å²) in [6.45, 7) is 6.13. The lowest BCUT2D eigenvalue weighted by Crippen LogP contribution is -2.40. The van der Waals surface area contributed by atoms with Gasteiger partial charge >= 0.3 is 0 Å². The van der Waals surface area contributed by atoms with Crippen LogP contribution in [0.25, 0.3) is 0 Å². The van der Waals surface area contributed by atoms with Crippen molar-refractivity contribution in [3.63, 3.8) is 0 Å². The number of benzene rings is 1. The smallest absolute Gasteiger partial charge is 0.236 e. The number of hydrogen-bond donors (Lipinski definition) is 1. The van der Waals surface area contributed by atoms with E-state index in [1.165, 1.54) is 12.8 Å². The van der Waals surface area contributed by atoms with Crippen LogP contribution in [0.5, 0.6) is 11.5 Å². The van der Waals surface area contributed by atoms with Crippen LogP contribution in [0.3, 0.4) is 0 Å². The lowest BCUT2D eigenvalue weighted by atomic mass is 9.72. The van der Waals surface area contributed by atoms with Gasteiger partial charge in [-0.25, -0.2) is 0 Å². The van der Waals surface area contributed by atoms with Crippen LogP contribution in [0.15, 0.2) is 18.2 Å². The predicted octanol–water partition coefficient (Wildman–Crippen LogP) is 2.36. The Kier molecular flexibility index (Phi) is 6.20. The van der Waals surface area contributed by atoms with Gasteiger partial charge in [0.2, 0.25) is 5.91 Å². The number of likely N-dealkylation sites (N-methyl/N-ethyl adjacent to an activating group) is 1. The van der Waals surface area contributed by atoms with E-state index in [4.69, 9.17) is 9.47 Å². The van der Waals surface area contributed by atoms with Crippen molar-refractivity contribution in [1.82, 2.24) is 9.80 Å². The maximum atomic E-state index is 12.7. The summed E-state index contributed by atoms with van der Waals surface area (Å²) in [6, 6.07) is 6.00. The van der Waals surface area contributed by atoms with Crippen molar-refractivity contribution in [3.05, 3.63) is 23.8 Å². The molecule has 6 nitrogen and oxygen atoms in total. The number of rotatable bonds is 8. The first-order chi connectivity index (χ1) is 13.2. The molecule has 0 radical (unpaired) electrons. The molecular weight excluding hydrogens is 356 g/mol. The maximum absolute atomic E-state index is 12.7. The Labute approximate surface area is 168 Å². The highest BCUT2D eigenvalue weighted by Gasteiger charge is 2.48. The average Bonchev–Trinajstić information content (AvgIpc) is 3.40. The third-order valence-electron chi connectivity index (χ3n) is 6.25. The Balaban J connectivity index is 1.86. The molecule has 3 unspecified atom stereocenters. The fourth-order valence-electron chi connectivity index (χ4n) is 4.00. The number of aliphatic hydroxyl groups is 1. The third-order valence-corrected chi connectivity index (χ3v) is 6.25. The van der Waals surface area contributed by atoms with Gasteiger partial charge in [-0.15, -0.1) is 0 Å². The summed E-state index contributed by atoms with van der Waals surface area (Å²) in [4.78, 5) is 16.4. The van der Waals surface area contributed by atoms with Crippen molar-refractivity contribution in [3.8, 4) is 11.5 Å². The van der Waals surface area contributed by atoms with Crippen molar-refractivity contribution in [2.75, 3.05) is 47.4 Å². The minimum absolute atomic E-state index is 0.0350. The maximum Gasteiger partial charge on any atom is 0.236 e. The lowest BCUT2D eigenvalue weighted by Gasteiger charge is -2.34. The van der Waals surface area contributed by atoms with Crippen LogP contribution >= 0.6 is 0 Å². The number of aliphatic hydroxyl groups excluding tert-OH is 1. The fraction of sp³-hybridized carbons (Fsp3) is 0.682. The van der Waals surface area contributed by atoms with Crippen molar-refractivity contribution in [2.24, 2.45) is 11.3 Å². The average molecular weight is 391 g/mol. The van der Waals surface area contributed by atoms with Gasteiger partial charge in [0.25, 0.3) is 0 Å². The van der Waals surface area contributed by atoms with Crippen molar-refractivity contribution >= 4 is 5.91 Å². The van der Waals surface area contributed by atoms with Gasteiger partial charge in [0.15, 0.2) is 11.5 Å². The lowest BCUT2D eigenvalue weighted by molar-refractivity contribution is -0.131. The molecule has 1 aromatic rings. The summed E-state index contributed by atoms with van der Waals surface area (Å²) in [5.41, 5.74) is 0.666. The van der Waals surface area contributed by atoms with E-state index in [-0.39, 0.29) is 11.8 Å². The normalized spacial score (nSPS) is 25.8. The number of hydrogen-bond acceptors (Lipinski definition) is 5. The standard InChI is InChI=1S/C22H34N2O4/c1-15(25)22(2)14-24(21(26)12-23(3)4)11-18(22)17-8-9-19(27-5)20(10-17)28-13-16-6-7-16/h8-10,15-16,18,25H,6-7,11-14H2,1-5H3. The molecular formula is C22H34N2O4. The van der Waals surface area contributed by atoms with Gasteiger partial charge < -0.3 is 24.4 Å². The van der Waals surface area contributed by atoms with E-state index in [0.29, 0.717) is 32.2 Å². The summed E-state index contributed by atoms with van der Waals surface area (Å²) >= 11 is 0. The molecule has 1 saturated heterocycles. The first-order valence-electron chi connectivity index (χ1n) is 10.2. The van der Waals surface area contributed by atoms with Gasteiger partial charge in [-0.3, -0.25) is 4.79 Å². The molecule has 3 atom stereocenters. The van der Waals surface area contributed by atoms with Crippen molar-refractivity contribution < 1.29 is 19.4 Å². The summed E-state index contributed by atoms with van der Waals surface area (Å²) in [7, 11) is 5.44. The first-order valence-corrected chi connectivity index (χ1v) is 10.2. The van der Waals surface area contributed by atoms with Crippen molar-refractivity contribution in [2.45, 2.75) is 38.7 Å². The molecule has 1 saturated carbocycles. The Hall–Kier alpha value is -1.79. The van der Waals surface area contributed by atoms with E-state index in [1.54, 1.807) is 7.11 Å². The van der Waals surface area contributed by atoms with E-state index in [0.717, 1.165) is 17.1 Å². The zero-order valence-electron chi connectivity index (χ0n) is 17.8. The Morgan fingerprint density at radius 1 is 1.36 bits per heavy atom. The molecule has 0 aromatic heterocycles. The topological polar surface area (TPSA) is 62.2 Å². The van der Waals surface area contributed by atoms with Crippen LogP contribution in [0.1, 0.15) is 38.2 Å². The first kappa shape index (κ1) is 20.9. The monoisotopic (exact) mass is 390 g/mol. The number of amides is 1. The fourth-order valence-corrected chi connectivity index (χ4v) is 4.00. The van der Waals surface area contributed by atoms with Crippen LogP contribution in [0.2, 0.25) is 0 Å². The van der Waals surface area contributed by atoms with Crippen LogP contribution in [-0.4, -0.2) is 74.4 Å². The zero-order chi connectivity index (χ0) is 20.5. The minimum Gasteiger partial charge on any atom is -0.493 e. The summed E-state index contributed by atoms with van der Waals surface area (Å²) in [5, 5.41) is 10.6. The zero-order valence-corrected chi connectivity index (χ0v) is 17.8. The van der Waals surface area contributed by atoms with E-state index < -0.39 is 11.5 Å². The van der Waals surface area contributed by atoms with Crippen molar-refractivity contribution in [1.29, 1.82) is 0 Å². The van der Waals surface area contributed by atoms with Gasteiger partial charge in [0.1, 0.15) is 0 Å². The van der Waals surface area contributed by atoms with E-state index in [2.05, 4.69) is 6.92 Å². The number of ether oxygens (including phenoxy) is 2. The summed E-state index contributed by atoms with van der Waals surface area (Å²) in [6.07, 6.45) is 1.93. The van der Waals surface area contributed by atoms with E-state index in [1.807, 2.05) is 49.0 Å². The number of likely N-dealkylation sites (tertiary alicyclic amines) is 1. The molecule has 1 heterocycles. The highest BCUT2D eigenvalue weighted by Crippen LogP contribution is 2.47. The number of carbonyl (C=O) groups excluding carboxylic acids is 1. The van der Waals surface area contributed by atoms with Gasteiger partial charge in [-0.05, 0) is 57.5 Å². The predicted molar refractivity (Wildman–Crippen MR) is 109 cm³/mol. The molecule has 2 fully saturated rings. The molecule has 156 valence electrons. The molecule has 0 bridgehead atoms. The highest BCUT2D eigenvalue weighted by molar-refractivity contribution is 5.78. The second-order valence-corrected chi connectivity index (χ2v) is 8.91. The van der Waals surface area contributed by atoms with Crippen LogP contribution in [0.4, 0.5) is 0 Å². The van der Waals surface area contributed by atoms with Crippen LogP contribution < -0.4 is 9.47 Å². The number of methoxy groups -OCH3 is 1. The molecule has 1 aliphatic heterocycles. The summed E-state index contributed by atoms with van der Waals surface area (Å²) in [5.74, 6) is 2.26. The summed E-state index contributed by atoms with van der Waals surface area (Å²) < 4.78 is 11.5. The molecule has 1 amide bonds. The Morgan fingerprint density at radius 3 is 2.64 bits per heavy atom. The molecule has 0 spiro atoms. The van der Waals surface area contributed by atoms with Crippen LogP contribution in [0, 0.1) is 11.3 Å². The molecule has 1 aromatic carbocycles. The third kappa shape index (κ3) is 4.44. The quantitative estimate of drug-likeness (QED) is 0.738. The van der Waals surface area contributed by atoms with Gasteiger partial charge in [0, 0.05) is 24.4 Å². The largest absolute Gasteiger partial charge is 0.493 e. The molecule has 6 heteroatoms. The van der Waals surface area contributed by atoms with E-state index in [9.17, 15) is 9.90 Å². The van der Waals surface area contributed by atoms with Crippen LogP contribution in [-0.2, 0) is 4.79 Å². The second kappa shape index (κ2) is 8.29. The Bertz CT molecular complexity index is 702. The minimum atomic E-state index is -0.535. The van der Waals surface area contributed by atoms with Gasteiger partial charge in [0.05, 0.1) is 26.4 Å². The van der Waals surface area contributed by atoms with E-state index >= 15 is 0 Å². The SMILES string of the molecule is COc1ccc(C2CN(C(=O)CN(C)C)CC2(C)C(C)O)cc1OCC1CC1. The Morgan fingerprint density at radius 2 is 2.07 bits per heavy atom. The number of nitrogens with zero attached hydrogens (tertiary/aromatic N) is 2. The van der Waals surface area contributed by atoms with Gasteiger partial charge in [-0.1, -0.05) is 13.0 Å². The second-order valence-electron chi connectivity index (χ2n) is 8.91. The molecule has 1 N–H and O–H groups in total. The molecule has 3 rings (SSSR count). The van der Waals surface area contributed by atoms with Gasteiger partial charge in [-0.2, -0.15) is 0 Å².